The molecule has 9 heteroatoms. The van der Waals surface area contributed by atoms with E-state index >= 15 is 0 Å². The van der Waals surface area contributed by atoms with Gasteiger partial charge in [0.25, 0.3) is 0 Å². The number of ether oxygens (including phenoxy) is 2. The minimum Gasteiger partial charge on any atom is -0.489 e. The third kappa shape index (κ3) is 4.13. The zero-order chi connectivity index (χ0) is 27.5. The van der Waals surface area contributed by atoms with Crippen LogP contribution in [0.4, 0.5) is 0 Å². The molecule has 0 unspecified atom stereocenters. The first-order valence-electron chi connectivity index (χ1n) is 12.9. The average molecular weight is 545 g/mol. The van der Waals surface area contributed by atoms with Crippen molar-refractivity contribution in [3.63, 3.8) is 0 Å². The maximum Gasteiger partial charge on any atom is 0.343 e. The fourth-order valence-electron chi connectivity index (χ4n) is 5.34. The van der Waals surface area contributed by atoms with Crippen molar-refractivity contribution in [2.45, 2.75) is 44.8 Å². The first-order valence-corrected chi connectivity index (χ1v) is 14.3. The Morgan fingerprint density at radius 3 is 2.54 bits per heavy atom. The summed E-state index contributed by atoms with van der Waals surface area (Å²) >= 11 is 0. The fourth-order valence-corrected chi connectivity index (χ4v) is 6.73. The molecule has 0 spiro atoms. The van der Waals surface area contributed by atoms with Gasteiger partial charge < -0.3 is 14.0 Å². The minimum absolute atomic E-state index is 0.00390. The summed E-state index contributed by atoms with van der Waals surface area (Å²) in [7, 11) is -3.63. The molecule has 2 aliphatic heterocycles. The van der Waals surface area contributed by atoms with Crippen LogP contribution >= 0.6 is 0 Å². The highest BCUT2D eigenvalue weighted by molar-refractivity contribution is 7.89. The van der Waals surface area contributed by atoms with E-state index in [0.717, 1.165) is 27.8 Å². The van der Waals surface area contributed by atoms with Gasteiger partial charge in [-0.15, -0.1) is 0 Å². The number of hydrogen-bond acceptors (Lipinski definition) is 6. The third-order valence-corrected chi connectivity index (χ3v) is 9.26. The number of aryl methyl sites for hydroxylation is 1. The number of benzene rings is 3. The first-order chi connectivity index (χ1) is 18.7. The van der Waals surface area contributed by atoms with Gasteiger partial charge in [-0.1, -0.05) is 29.8 Å². The van der Waals surface area contributed by atoms with E-state index in [-0.39, 0.29) is 29.7 Å². The molecule has 0 saturated carbocycles. The van der Waals surface area contributed by atoms with Crippen LogP contribution in [-0.2, 0) is 27.8 Å². The molecule has 0 aliphatic carbocycles. The summed E-state index contributed by atoms with van der Waals surface area (Å²) < 4.78 is 41.3. The van der Waals surface area contributed by atoms with Crippen molar-refractivity contribution in [3.05, 3.63) is 93.3 Å². The number of sulfonamides is 1. The number of carbonyl (C=O) groups excluding carboxylic acids is 1. The molecule has 39 heavy (non-hydrogen) atoms. The standard InChI is InChI=1S/C30H28N2O6S/c1-4-37-30(34)26-16-32-19(3)17-38-29-24(11-12-25(27(29)32)28(26)33)20-7-8-21-14-31(15-22(21)13-20)39(35,36)23-9-5-18(2)6-10-23/h5-13,16,19H,4,14-15,17H2,1-3H3/t19-/m0/s1. The lowest BCUT2D eigenvalue weighted by Crippen LogP contribution is -2.27. The molecule has 0 bridgehead atoms. The molecular formula is C30H28N2O6S. The Kier molecular flexibility index (Phi) is 6.08. The molecule has 4 aromatic rings. The van der Waals surface area contributed by atoms with Crippen LogP contribution in [0, 0.1) is 6.92 Å². The van der Waals surface area contributed by atoms with Crippen molar-refractivity contribution in [3.8, 4) is 16.9 Å². The van der Waals surface area contributed by atoms with E-state index in [4.69, 9.17) is 9.47 Å². The smallest absolute Gasteiger partial charge is 0.343 e. The molecule has 0 amide bonds. The van der Waals surface area contributed by atoms with Gasteiger partial charge in [0.2, 0.25) is 15.5 Å². The highest BCUT2D eigenvalue weighted by atomic mass is 32.2. The molecule has 0 N–H and O–H groups in total. The zero-order valence-electron chi connectivity index (χ0n) is 21.9. The second kappa shape index (κ2) is 9.36. The van der Waals surface area contributed by atoms with E-state index in [2.05, 4.69) is 0 Å². The summed E-state index contributed by atoms with van der Waals surface area (Å²) in [6.45, 7) is 6.72. The second-order valence-electron chi connectivity index (χ2n) is 10.1. The molecule has 3 aromatic carbocycles. The predicted octanol–water partition coefficient (Wildman–Crippen LogP) is 4.81. The molecule has 8 nitrogen and oxygen atoms in total. The lowest BCUT2D eigenvalue weighted by molar-refractivity contribution is 0.0523. The van der Waals surface area contributed by atoms with E-state index in [1.165, 1.54) is 4.31 Å². The Labute approximate surface area is 226 Å². The van der Waals surface area contributed by atoms with Gasteiger partial charge in [-0.2, -0.15) is 4.31 Å². The van der Waals surface area contributed by atoms with Gasteiger partial charge in [0.05, 0.1) is 28.4 Å². The summed E-state index contributed by atoms with van der Waals surface area (Å²) in [4.78, 5) is 26.0. The summed E-state index contributed by atoms with van der Waals surface area (Å²) in [6, 6.07) is 16.2. The fraction of sp³-hybridized carbons (Fsp3) is 0.267. The molecule has 1 atom stereocenters. The van der Waals surface area contributed by atoms with Crippen molar-refractivity contribution in [2.75, 3.05) is 13.2 Å². The second-order valence-corrected chi connectivity index (χ2v) is 12.0. The van der Waals surface area contributed by atoms with Crippen LogP contribution in [0.5, 0.6) is 5.75 Å². The number of pyridine rings is 1. The Hall–Kier alpha value is -3.95. The number of rotatable bonds is 5. The summed E-state index contributed by atoms with van der Waals surface area (Å²) in [6.07, 6.45) is 1.57. The van der Waals surface area contributed by atoms with Gasteiger partial charge in [-0.25, -0.2) is 13.2 Å². The minimum atomic E-state index is -3.63. The summed E-state index contributed by atoms with van der Waals surface area (Å²) in [5.41, 5.74) is 4.79. The summed E-state index contributed by atoms with van der Waals surface area (Å²) in [5, 5.41) is 0.391. The topological polar surface area (TPSA) is 94.9 Å². The molecular weight excluding hydrogens is 516 g/mol. The van der Waals surface area contributed by atoms with E-state index < -0.39 is 21.4 Å². The van der Waals surface area contributed by atoms with Crippen LogP contribution in [0.1, 0.15) is 46.9 Å². The van der Waals surface area contributed by atoms with Crippen molar-refractivity contribution < 1.29 is 22.7 Å². The van der Waals surface area contributed by atoms with Gasteiger partial charge in [0.15, 0.2) is 5.75 Å². The quantitative estimate of drug-likeness (QED) is 0.335. The average Bonchev–Trinajstić information content (AvgIpc) is 3.36. The normalized spacial score (nSPS) is 16.6. The van der Waals surface area contributed by atoms with Crippen LogP contribution in [-0.4, -0.2) is 36.5 Å². The van der Waals surface area contributed by atoms with Crippen LogP contribution in [0.3, 0.4) is 0 Å². The molecule has 0 radical (unpaired) electrons. The van der Waals surface area contributed by atoms with Gasteiger partial charge in [0, 0.05) is 24.8 Å². The van der Waals surface area contributed by atoms with E-state index in [0.29, 0.717) is 29.8 Å². The van der Waals surface area contributed by atoms with Crippen LogP contribution < -0.4 is 10.2 Å². The number of aromatic nitrogens is 1. The SMILES string of the molecule is CCOC(=O)c1cn2c3c(c(-c4ccc5c(c4)CN(S(=O)(=O)c4ccc(C)cc4)C5)ccc3c1=O)OC[C@@H]2C. The van der Waals surface area contributed by atoms with Gasteiger partial charge in [-0.3, -0.25) is 4.79 Å². The Morgan fingerprint density at radius 1 is 1.05 bits per heavy atom. The van der Waals surface area contributed by atoms with Crippen molar-refractivity contribution >= 4 is 26.9 Å². The van der Waals surface area contributed by atoms with Crippen LogP contribution in [0.2, 0.25) is 0 Å². The first kappa shape index (κ1) is 25.3. The van der Waals surface area contributed by atoms with Gasteiger partial charge >= 0.3 is 5.97 Å². The predicted molar refractivity (Wildman–Crippen MR) is 147 cm³/mol. The molecule has 0 fully saturated rings. The molecule has 6 rings (SSSR count). The van der Waals surface area contributed by atoms with E-state index in [9.17, 15) is 18.0 Å². The third-order valence-electron chi connectivity index (χ3n) is 7.46. The molecule has 2 aliphatic rings. The Balaban J connectivity index is 1.40. The van der Waals surface area contributed by atoms with E-state index in [1.807, 2.05) is 42.7 Å². The lowest BCUT2D eigenvalue weighted by atomic mass is 9.97. The van der Waals surface area contributed by atoms with Gasteiger partial charge in [0.1, 0.15) is 12.2 Å². The number of hydrogen-bond donors (Lipinski definition) is 0. The summed E-state index contributed by atoms with van der Waals surface area (Å²) in [5.74, 6) is -0.0681. The number of fused-ring (bicyclic) bond motifs is 1. The molecule has 200 valence electrons. The lowest BCUT2D eigenvalue weighted by Gasteiger charge is -2.28. The van der Waals surface area contributed by atoms with Crippen LogP contribution in [0.15, 0.2) is 70.5 Å². The van der Waals surface area contributed by atoms with Crippen molar-refractivity contribution in [1.29, 1.82) is 0 Å². The number of esters is 1. The number of carbonyl (C=O) groups is 1. The highest BCUT2D eigenvalue weighted by Crippen LogP contribution is 2.41. The zero-order valence-corrected chi connectivity index (χ0v) is 22.7. The van der Waals surface area contributed by atoms with Crippen molar-refractivity contribution in [2.24, 2.45) is 0 Å². The maximum absolute atomic E-state index is 13.3. The molecule has 3 heterocycles. The molecule has 0 saturated heterocycles. The van der Waals surface area contributed by atoms with Crippen LogP contribution in [0.25, 0.3) is 22.0 Å². The number of nitrogens with zero attached hydrogens (tertiary/aromatic N) is 2. The maximum atomic E-state index is 13.3. The Bertz CT molecular complexity index is 1810. The largest absolute Gasteiger partial charge is 0.489 e. The van der Waals surface area contributed by atoms with E-state index in [1.54, 1.807) is 43.5 Å². The monoisotopic (exact) mass is 544 g/mol. The van der Waals surface area contributed by atoms with Crippen molar-refractivity contribution in [1.82, 2.24) is 8.87 Å². The highest BCUT2D eigenvalue weighted by Gasteiger charge is 2.32. The Morgan fingerprint density at radius 2 is 1.79 bits per heavy atom. The van der Waals surface area contributed by atoms with Gasteiger partial charge in [-0.05, 0) is 67.8 Å². The molecule has 1 aromatic heterocycles.